The lowest BCUT2D eigenvalue weighted by Crippen LogP contribution is -2.50. The van der Waals surface area contributed by atoms with Crippen LogP contribution in [0.5, 0.6) is 0 Å². The summed E-state index contributed by atoms with van der Waals surface area (Å²) in [5, 5.41) is 0. The molecule has 0 N–H and O–H groups in total. The van der Waals surface area contributed by atoms with Gasteiger partial charge in [-0.15, -0.1) is 0 Å². The third-order valence-corrected chi connectivity index (χ3v) is 3.51. The Bertz CT molecular complexity index is 479. The Morgan fingerprint density at radius 2 is 1.95 bits per heavy atom. The van der Waals surface area contributed by atoms with Gasteiger partial charge in [-0.05, 0) is 41.0 Å². The first-order chi connectivity index (χ1) is 9.32. The van der Waals surface area contributed by atoms with Crippen molar-refractivity contribution in [3.63, 3.8) is 0 Å². The van der Waals surface area contributed by atoms with Crippen LogP contribution in [0.2, 0.25) is 0 Å². The van der Waals surface area contributed by atoms with E-state index in [0.717, 1.165) is 6.26 Å². The summed E-state index contributed by atoms with van der Waals surface area (Å²) < 4.78 is 37.7. The van der Waals surface area contributed by atoms with E-state index in [1.165, 1.54) is 4.90 Å². The summed E-state index contributed by atoms with van der Waals surface area (Å²) in [6, 6.07) is -0.281. The van der Waals surface area contributed by atoms with Gasteiger partial charge in [0.05, 0.1) is 25.5 Å². The van der Waals surface area contributed by atoms with Crippen LogP contribution in [0, 0.1) is 0 Å². The van der Waals surface area contributed by atoms with Crippen LogP contribution in [-0.4, -0.2) is 56.2 Å². The maximum Gasteiger partial charge on any atom is 0.412 e. The normalized spacial score (nSPS) is 22.4. The van der Waals surface area contributed by atoms with Crippen molar-refractivity contribution in [1.82, 2.24) is 4.90 Å². The highest BCUT2D eigenvalue weighted by molar-refractivity contribution is 7.85. The molecular weight excluding hydrogens is 298 g/mol. The van der Waals surface area contributed by atoms with Crippen molar-refractivity contribution in [2.75, 3.05) is 19.5 Å². The van der Waals surface area contributed by atoms with Crippen LogP contribution in [-0.2, 0) is 23.8 Å². The molecule has 0 unspecified atom stereocenters. The van der Waals surface area contributed by atoms with Gasteiger partial charge in [0, 0.05) is 0 Å². The third kappa shape index (κ3) is 5.80. The standard InChI is InChI=1S/C13H25NO6S/c1-12(2,3)20-11(15)14-10(9-18-13(14,4)5)7-8-19-21(6,16)17/h10H,7-9H2,1-6H3/t10-/m0/s1. The molecule has 1 aliphatic rings. The number of carbonyl (C=O) groups excluding carboxylic acids is 1. The second-order valence-electron chi connectivity index (χ2n) is 6.58. The largest absolute Gasteiger partial charge is 0.444 e. The molecule has 0 aromatic rings. The summed E-state index contributed by atoms with van der Waals surface area (Å²) in [4.78, 5) is 13.8. The highest BCUT2D eigenvalue weighted by atomic mass is 32.2. The first-order valence-corrected chi connectivity index (χ1v) is 8.64. The maximum atomic E-state index is 12.3. The van der Waals surface area contributed by atoms with E-state index in [-0.39, 0.29) is 12.6 Å². The fraction of sp³-hybridized carbons (Fsp3) is 0.923. The number of hydrogen-bond acceptors (Lipinski definition) is 6. The molecule has 0 spiro atoms. The molecule has 0 bridgehead atoms. The summed E-state index contributed by atoms with van der Waals surface area (Å²) in [7, 11) is -3.49. The molecule has 1 aliphatic heterocycles. The molecule has 0 aromatic carbocycles. The molecule has 8 heteroatoms. The molecule has 1 rings (SSSR count). The molecule has 0 radical (unpaired) electrons. The van der Waals surface area contributed by atoms with Crippen molar-refractivity contribution in [2.45, 2.75) is 58.4 Å². The van der Waals surface area contributed by atoms with Gasteiger partial charge in [0.1, 0.15) is 11.3 Å². The van der Waals surface area contributed by atoms with Crippen molar-refractivity contribution >= 4 is 16.2 Å². The van der Waals surface area contributed by atoms with E-state index in [2.05, 4.69) is 0 Å². The molecule has 1 fully saturated rings. The maximum absolute atomic E-state index is 12.3. The van der Waals surface area contributed by atoms with Gasteiger partial charge in [0.2, 0.25) is 0 Å². The second-order valence-corrected chi connectivity index (χ2v) is 8.22. The van der Waals surface area contributed by atoms with Gasteiger partial charge in [-0.25, -0.2) is 4.79 Å². The molecular formula is C13H25NO6S. The summed E-state index contributed by atoms with van der Waals surface area (Å²) in [6.07, 6.45) is 0.873. The molecule has 0 saturated carbocycles. The van der Waals surface area contributed by atoms with E-state index in [0.29, 0.717) is 13.0 Å². The zero-order valence-electron chi connectivity index (χ0n) is 13.5. The number of carbonyl (C=O) groups is 1. The molecule has 1 saturated heterocycles. The first-order valence-electron chi connectivity index (χ1n) is 6.82. The lowest BCUT2D eigenvalue weighted by Gasteiger charge is -2.35. The predicted molar refractivity (Wildman–Crippen MR) is 77.3 cm³/mol. The van der Waals surface area contributed by atoms with Gasteiger partial charge in [0.15, 0.2) is 0 Å². The summed E-state index contributed by atoms with van der Waals surface area (Å²) in [5.74, 6) is 0. The molecule has 0 aliphatic carbocycles. The number of ether oxygens (including phenoxy) is 2. The van der Waals surface area contributed by atoms with Crippen molar-refractivity contribution in [2.24, 2.45) is 0 Å². The van der Waals surface area contributed by atoms with Crippen molar-refractivity contribution < 1.29 is 26.9 Å². The van der Waals surface area contributed by atoms with Gasteiger partial charge in [0.25, 0.3) is 10.1 Å². The van der Waals surface area contributed by atoms with Crippen LogP contribution in [0.15, 0.2) is 0 Å². The average molecular weight is 323 g/mol. The van der Waals surface area contributed by atoms with Crippen molar-refractivity contribution in [3.8, 4) is 0 Å². The van der Waals surface area contributed by atoms with Gasteiger partial charge < -0.3 is 9.47 Å². The Kier molecular flexibility index (Phi) is 5.28. The van der Waals surface area contributed by atoms with E-state index in [1.54, 1.807) is 34.6 Å². The number of amides is 1. The minimum Gasteiger partial charge on any atom is -0.444 e. The van der Waals surface area contributed by atoms with Crippen molar-refractivity contribution in [1.29, 1.82) is 0 Å². The summed E-state index contributed by atoms with van der Waals surface area (Å²) in [6.45, 7) is 9.23. The molecule has 21 heavy (non-hydrogen) atoms. The van der Waals surface area contributed by atoms with E-state index < -0.39 is 27.5 Å². The molecule has 1 heterocycles. The topological polar surface area (TPSA) is 82.1 Å². The van der Waals surface area contributed by atoms with Crippen LogP contribution in [0.4, 0.5) is 4.79 Å². The third-order valence-electron chi connectivity index (χ3n) is 2.91. The molecule has 0 aromatic heterocycles. The number of hydrogen-bond donors (Lipinski definition) is 0. The highest BCUT2D eigenvalue weighted by Crippen LogP contribution is 2.30. The first kappa shape index (κ1) is 18.2. The van der Waals surface area contributed by atoms with Crippen LogP contribution < -0.4 is 0 Å². The Morgan fingerprint density at radius 3 is 2.43 bits per heavy atom. The number of nitrogens with zero attached hydrogens (tertiary/aromatic N) is 1. The highest BCUT2D eigenvalue weighted by Gasteiger charge is 2.45. The van der Waals surface area contributed by atoms with Crippen LogP contribution in [0.25, 0.3) is 0 Å². The predicted octanol–water partition coefficient (Wildman–Crippen LogP) is 1.72. The fourth-order valence-electron chi connectivity index (χ4n) is 2.11. The summed E-state index contributed by atoms with van der Waals surface area (Å²) in [5.41, 5.74) is -1.40. The Labute approximate surface area is 126 Å². The Hall–Kier alpha value is -0.860. The lowest BCUT2D eigenvalue weighted by molar-refractivity contribution is -0.0628. The minimum absolute atomic E-state index is 0.00222. The van der Waals surface area contributed by atoms with Gasteiger partial charge >= 0.3 is 6.09 Å². The zero-order valence-corrected chi connectivity index (χ0v) is 14.3. The minimum atomic E-state index is -3.49. The molecule has 1 amide bonds. The second kappa shape index (κ2) is 6.10. The Balaban J connectivity index is 2.73. The van der Waals surface area contributed by atoms with E-state index in [9.17, 15) is 13.2 Å². The van der Waals surface area contributed by atoms with Crippen LogP contribution >= 0.6 is 0 Å². The fourth-order valence-corrected chi connectivity index (χ4v) is 2.51. The quantitative estimate of drug-likeness (QED) is 0.733. The van der Waals surface area contributed by atoms with Crippen molar-refractivity contribution in [3.05, 3.63) is 0 Å². The molecule has 7 nitrogen and oxygen atoms in total. The smallest absolute Gasteiger partial charge is 0.412 e. The SMILES string of the molecule is CC(C)(C)OC(=O)N1[C@@H](CCOS(C)(=O)=O)COC1(C)C. The van der Waals surface area contributed by atoms with Gasteiger partial charge in [-0.3, -0.25) is 9.08 Å². The van der Waals surface area contributed by atoms with E-state index in [4.69, 9.17) is 13.7 Å². The van der Waals surface area contributed by atoms with E-state index >= 15 is 0 Å². The van der Waals surface area contributed by atoms with Crippen LogP contribution in [0.3, 0.4) is 0 Å². The number of rotatable bonds is 4. The van der Waals surface area contributed by atoms with Crippen LogP contribution in [0.1, 0.15) is 41.0 Å². The monoisotopic (exact) mass is 323 g/mol. The molecule has 1 atom stereocenters. The molecule has 124 valence electrons. The van der Waals surface area contributed by atoms with E-state index in [1.807, 2.05) is 0 Å². The zero-order chi connectivity index (χ0) is 16.5. The van der Waals surface area contributed by atoms with Gasteiger partial charge in [-0.1, -0.05) is 0 Å². The summed E-state index contributed by atoms with van der Waals surface area (Å²) >= 11 is 0. The van der Waals surface area contributed by atoms with Gasteiger partial charge in [-0.2, -0.15) is 8.42 Å². The lowest BCUT2D eigenvalue weighted by atomic mass is 10.1. The average Bonchev–Trinajstić information content (AvgIpc) is 2.49. The Morgan fingerprint density at radius 1 is 1.38 bits per heavy atom.